The molecule has 4 N–H and O–H groups in total. The molecule has 2 nitrogen and oxygen atoms in total. The van der Waals surface area contributed by atoms with E-state index in [0.29, 0.717) is 6.04 Å². The second kappa shape index (κ2) is 30.7. The largest absolute Gasteiger partial charge is 0.330 e. The van der Waals surface area contributed by atoms with Crippen LogP contribution in [-0.2, 0) is 0 Å². The van der Waals surface area contributed by atoms with E-state index in [0.717, 1.165) is 6.54 Å². The number of hydrogen-bond acceptors (Lipinski definition) is 2. The number of rotatable bonds is 29. The molecule has 0 fully saturated rings. The van der Waals surface area contributed by atoms with Crippen LogP contribution in [0.5, 0.6) is 0 Å². The van der Waals surface area contributed by atoms with Gasteiger partial charge in [0.05, 0.1) is 0 Å². The van der Waals surface area contributed by atoms with Crippen molar-refractivity contribution in [1.82, 2.24) is 0 Å². The molecule has 0 aliphatic carbocycles. The van der Waals surface area contributed by atoms with Crippen LogP contribution in [0, 0.1) is 0 Å². The molecular weight excluding hydrogens is 412 g/mol. The molecule has 1 unspecified atom stereocenters. The van der Waals surface area contributed by atoms with Gasteiger partial charge in [-0.25, -0.2) is 0 Å². The van der Waals surface area contributed by atoms with Gasteiger partial charge >= 0.3 is 0 Å². The maximum absolute atomic E-state index is 6.28. The molecule has 0 aromatic rings. The molecule has 0 saturated carbocycles. The molecule has 34 heavy (non-hydrogen) atoms. The van der Waals surface area contributed by atoms with Crippen molar-refractivity contribution in [2.24, 2.45) is 11.5 Å². The van der Waals surface area contributed by atoms with E-state index in [1.165, 1.54) is 173 Å². The summed E-state index contributed by atoms with van der Waals surface area (Å²) in [4.78, 5) is 0. The van der Waals surface area contributed by atoms with E-state index < -0.39 is 0 Å². The molecule has 0 rings (SSSR count). The minimum Gasteiger partial charge on any atom is -0.330 e. The summed E-state index contributed by atoms with van der Waals surface area (Å²) in [6.07, 6.45) is 41.9. The molecular formula is C32H66N2. The molecule has 0 aromatic carbocycles. The first-order chi connectivity index (χ1) is 16.8. The van der Waals surface area contributed by atoms with E-state index in [2.05, 4.69) is 19.1 Å². The van der Waals surface area contributed by atoms with Gasteiger partial charge in [0.15, 0.2) is 0 Å². The average Bonchev–Trinajstić information content (AvgIpc) is 2.84. The molecule has 0 radical (unpaired) electrons. The number of allylic oxidation sites excluding steroid dienone is 2. The fraction of sp³-hybridized carbons (Fsp3) is 0.938. The minimum absolute atomic E-state index is 0.440. The third-order valence-corrected chi connectivity index (χ3v) is 7.37. The first-order valence-corrected chi connectivity index (χ1v) is 15.9. The van der Waals surface area contributed by atoms with Crippen LogP contribution in [0.1, 0.15) is 180 Å². The summed E-state index contributed by atoms with van der Waals surface area (Å²) < 4.78 is 0. The van der Waals surface area contributed by atoms with Crippen LogP contribution in [0.25, 0.3) is 0 Å². The van der Waals surface area contributed by atoms with Crippen molar-refractivity contribution in [3.05, 3.63) is 12.2 Å². The lowest BCUT2D eigenvalue weighted by molar-refractivity contribution is 0.481. The summed E-state index contributed by atoms with van der Waals surface area (Å²) in [5, 5.41) is 0. The lowest BCUT2D eigenvalue weighted by atomic mass is 10.0. The second-order valence-corrected chi connectivity index (χ2v) is 11.0. The van der Waals surface area contributed by atoms with E-state index in [4.69, 9.17) is 11.5 Å². The standard InChI is InChI=1S/C32H66N2/c1-2-3-4-5-6-7-8-9-10-11-12-13-14-15-16-17-18-19-20-21-23-26-29-32(34)30-27-24-22-25-28-31-33/h9-10,32H,2-8,11-31,33-34H2,1H3/b10-9-. The second-order valence-electron chi connectivity index (χ2n) is 11.0. The van der Waals surface area contributed by atoms with Crippen LogP contribution in [0.15, 0.2) is 12.2 Å². The van der Waals surface area contributed by atoms with E-state index in [9.17, 15) is 0 Å². The highest BCUT2D eigenvalue weighted by atomic mass is 14.6. The number of nitrogens with two attached hydrogens (primary N) is 2. The predicted octanol–water partition coefficient (Wildman–Crippen LogP) is 10.4. The van der Waals surface area contributed by atoms with E-state index >= 15 is 0 Å². The third kappa shape index (κ3) is 29.7. The highest BCUT2D eigenvalue weighted by Crippen LogP contribution is 2.15. The molecule has 0 saturated heterocycles. The summed E-state index contributed by atoms with van der Waals surface area (Å²) in [6, 6.07) is 0.440. The van der Waals surface area contributed by atoms with Gasteiger partial charge in [0.2, 0.25) is 0 Å². The summed E-state index contributed by atoms with van der Waals surface area (Å²) in [6.45, 7) is 3.14. The van der Waals surface area contributed by atoms with Gasteiger partial charge in [0, 0.05) is 6.04 Å². The van der Waals surface area contributed by atoms with Crippen molar-refractivity contribution in [1.29, 1.82) is 0 Å². The monoisotopic (exact) mass is 479 g/mol. The Hall–Kier alpha value is -0.340. The zero-order valence-corrected chi connectivity index (χ0v) is 23.7. The van der Waals surface area contributed by atoms with Gasteiger partial charge in [0.1, 0.15) is 0 Å². The first kappa shape index (κ1) is 33.7. The predicted molar refractivity (Wildman–Crippen MR) is 157 cm³/mol. The Kier molecular flexibility index (Phi) is 30.4. The van der Waals surface area contributed by atoms with Crippen molar-refractivity contribution in [2.75, 3.05) is 6.54 Å². The molecule has 0 heterocycles. The Balaban J connectivity index is 3.14. The van der Waals surface area contributed by atoms with Crippen LogP contribution in [0.4, 0.5) is 0 Å². The summed E-state index contributed by atoms with van der Waals surface area (Å²) in [7, 11) is 0. The van der Waals surface area contributed by atoms with E-state index in [1.807, 2.05) is 0 Å². The average molecular weight is 479 g/mol. The number of hydrogen-bond donors (Lipinski definition) is 2. The highest BCUT2D eigenvalue weighted by Gasteiger charge is 2.02. The van der Waals surface area contributed by atoms with Gasteiger partial charge in [-0.3, -0.25) is 0 Å². The molecule has 0 spiro atoms. The highest BCUT2D eigenvalue weighted by molar-refractivity contribution is 4.81. The van der Waals surface area contributed by atoms with Gasteiger partial charge in [-0.2, -0.15) is 0 Å². The number of unbranched alkanes of at least 4 members (excludes halogenated alkanes) is 22. The van der Waals surface area contributed by atoms with Gasteiger partial charge in [-0.05, 0) is 51.5 Å². The fourth-order valence-electron chi connectivity index (χ4n) is 4.94. The Morgan fingerprint density at radius 2 is 0.765 bits per heavy atom. The maximum Gasteiger partial charge on any atom is 0.00388 e. The summed E-state index contributed by atoms with van der Waals surface area (Å²) in [5.74, 6) is 0. The topological polar surface area (TPSA) is 52.0 Å². The van der Waals surface area contributed by atoms with Crippen LogP contribution in [0.3, 0.4) is 0 Å². The Morgan fingerprint density at radius 1 is 0.441 bits per heavy atom. The molecule has 204 valence electrons. The molecule has 0 amide bonds. The molecule has 0 bridgehead atoms. The molecule has 1 atom stereocenters. The fourth-order valence-corrected chi connectivity index (χ4v) is 4.94. The van der Waals surface area contributed by atoms with Crippen LogP contribution in [0.2, 0.25) is 0 Å². The van der Waals surface area contributed by atoms with Crippen molar-refractivity contribution in [3.63, 3.8) is 0 Å². The van der Waals surface area contributed by atoms with Crippen molar-refractivity contribution >= 4 is 0 Å². The summed E-state index contributed by atoms with van der Waals surface area (Å²) >= 11 is 0. The van der Waals surface area contributed by atoms with Gasteiger partial charge in [0.25, 0.3) is 0 Å². The normalized spacial score (nSPS) is 12.7. The maximum atomic E-state index is 6.28. The van der Waals surface area contributed by atoms with Crippen LogP contribution >= 0.6 is 0 Å². The Labute approximate surface area is 216 Å². The minimum atomic E-state index is 0.440. The zero-order valence-electron chi connectivity index (χ0n) is 23.7. The Morgan fingerprint density at radius 3 is 1.15 bits per heavy atom. The van der Waals surface area contributed by atoms with Crippen molar-refractivity contribution in [3.8, 4) is 0 Å². The molecule has 2 heteroatoms. The van der Waals surface area contributed by atoms with E-state index in [-0.39, 0.29) is 0 Å². The molecule has 0 aliphatic rings. The lowest BCUT2D eigenvalue weighted by Gasteiger charge is -2.11. The van der Waals surface area contributed by atoms with E-state index in [1.54, 1.807) is 0 Å². The van der Waals surface area contributed by atoms with Gasteiger partial charge in [-0.1, -0.05) is 147 Å². The van der Waals surface area contributed by atoms with Crippen molar-refractivity contribution in [2.45, 2.75) is 186 Å². The zero-order chi connectivity index (χ0) is 24.8. The van der Waals surface area contributed by atoms with Gasteiger partial charge in [-0.15, -0.1) is 0 Å². The van der Waals surface area contributed by atoms with Crippen LogP contribution in [-0.4, -0.2) is 12.6 Å². The lowest BCUT2D eigenvalue weighted by Crippen LogP contribution is -2.19. The third-order valence-electron chi connectivity index (χ3n) is 7.37. The quantitative estimate of drug-likeness (QED) is 0.0829. The first-order valence-electron chi connectivity index (χ1n) is 15.9. The summed E-state index contributed by atoms with van der Waals surface area (Å²) in [5.41, 5.74) is 11.8. The molecule has 0 aromatic heterocycles. The van der Waals surface area contributed by atoms with Crippen molar-refractivity contribution < 1.29 is 0 Å². The molecule has 0 aliphatic heterocycles. The smallest absolute Gasteiger partial charge is 0.00388 e. The Bertz CT molecular complexity index is 379. The van der Waals surface area contributed by atoms with Crippen LogP contribution < -0.4 is 11.5 Å². The SMILES string of the molecule is CCCCCCCC/C=C\CCCCCCCCCCCCCCC(N)CCCCCCCN. The van der Waals surface area contributed by atoms with Gasteiger partial charge < -0.3 is 11.5 Å².